The Balaban J connectivity index is 2.14. The van der Waals surface area contributed by atoms with Gasteiger partial charge in [-0.15, -0.1) is 0 Å². The Morgan fingerprint density at radius 2 is 2.05 bits per heavy atom. The quantitative estimate of drug-likeness (QED) is 0.479. The van der Waals surface area contributed by atoms with Gasteiger partial charge in [0.05, 0.1) is 18.6 Å². The number of ether oxygens (including phenoxy) is 1. The topological polar surface area (TPSA) is 132 Å². The van der Waals surface area contributed by atoms with Crippen molar-refractivity contribution >= 4 is 21.7 Å². The second-order valence-corrected chi connectivity index (χ2v) is 6.44. The van der Waals surface area contributed by atoms with Crippen molar-refractivity contribution in [2.75, 3.05) is 29.4 Å². The summed E-state index contributed by atoms with van der Waals surface area (Å²) in [4.78, 5) is 11.8. The van der Waals surface area contributed by atoms with Crippen LogP contribution in [0.5, 0.6) is 6.01 Å². The molecule has 0 saturated carbocycles. The number of rotatable bonds is 4. The van der Waals surface area contributed by atoms with Gasteiger partial charge in [-0.2, -0.15) is 15.0 Å². The largest absolute Gasteiger partial charge is 0.467 e. The van der Waals surface area contributed by atoms with E-state index in [2.05, 4.69) is 25.7 Å². The van der Waals surface area contributed by atoms with Crippen LogP contribution in [0, 0.1) is 0 Å². The third-order valence-corrected chi connectivity index (χ3v) is 4.54. The Morgan fingerprint density at radius 3 is 2.68 bits per heavy atom. The molecule has 1 aliphatic rings. The second-order valence-electron chi connectivity index (χ2n) is 4.21. The maximum Gasteiger partial charge on any atom is 0.322 e. The number of aromatic nitrogens is 3. The van der Waals surface area contributed by atoms with Crippen molar-refractivity contribution in [2.24, 2.45) is 5.84 Å². The summed E-state index contributed by atoms with van der Waals surface area (Å²) in [5.41, 5.74) is 2.30. The molecular weight excluding hydrogens is 272 g/mol. The van der Waals surface area contributed by atoms with Crippen molar-refractivity contribution < 1.29 is 13.2 Å². The van der Waals surface area contributed by atoms with Gasteiger partial charge in [0.25, 0.3) is 0 Å². The minimum absolute atomic E-state index is 0.0758. The summed E-state index contributed by atoms with van der Waals surface area (Å²) in [5.74, 6) is 5.93. The Hall–Kier alpha value is -1.68. The summed E-state index contributed by atoms with van der Waals surface area (Å²) >= 11 is 0. The average Bonchev–Trinajstić information content (AvgIpc) is 2.37. The van der Waals surface area contributed by atoms with Crippen molar-refractivity contribution in [1.82, 2.24) is 15.0 Å². The van der Waals surface area contributed by atoms with Crippen LogP contribution >= 0.6 is 0 Å². The molecule has 9 nitrogen and oxygen atoms in total. The van der Waals surface area contributed by atoms with Crippen molar-refractivity contribution in [3.63, 3.8) is 0 Å². The lowest BCUT2D eigenvalue weighted by Gasteiger charge is -2.23. The molecule has 0 aromatic carbocycles. The highest BCUT2D eigenvalue weighted by Gasteiger charge is 2.25. The Kier molecular flexibility index (Phi) is 4.00. The first-order valence-electron chi connectivity index (χ1n) is 5.76. The molecule has 4 N–H and O–H groups in total. The molecule has 0 aliphatic carbocycles. The van der Waals surface area contributed by atoms with Gasteiger partial charge in [0.1, 0.15) is 0 Å². The first kappa shape index (κ1) is 13.7. The standard InChI is InChI=1S/C9H16N6O3S/c1-18-9-13-7(12-8(14-9)15-10)11-6-3-2-4-19(16,17)5-6/h6H,2-5,10H2,1H3,(H2,11,12,13,14,15). The number of sulfone groups is 1. The van der Waals surface area contributed by atoms with Crippen LogP contribution in [0.3, 0.4) is 0 Å². The number of nitrogens with two attached hydrogens (primary N) is 1. The number of anilines is 2. The Labute approximate surface area is 110 Å². The number of nitrogen functional groups attached to an aromatic ring is 1. The molecule has 2 heterocycles. The molecule has 0 amide bonds. The summed E-state index contributed by atoms with van der Waals surface area (Å²) in [7, 11) is -1.57. The van der Waals surface area contributed by atoms with Crippen LogP contribution in [0.15, 0.2) is 0 Å². The van der Waals surface area contributed by atoms with Gasteiger partial charge >= 0.3 is 6.01 Å². The maximum atomic E-state index is 11.5. The zero-order valence-corrected chi connectivity index (χ0v) is 11.3. The fraction of sp³-hybridized carbons (Fsp3) is 0.667. The van der Waals surface area contributed by atoms with Crippen molar-refractivity contribution in [3.8, 4) is 6.01 Å². The molecule has 1 unspecified atom stereocenters. The lowest BCUT2D eigenvalue weighted by molar-refractivity contribution is 0.379. The maximum absolute atomic E-state index is 11.5. The van der Waals surface area contributed by atoms with E-state index in [0.717, 1.165) is 6.42 Å². The molecule has 1 saturated heterocycles. The van der Waals surface area contributed by atoms with E-state index >= 15 is 0 Å². The lowest BCUT2D eigenvalue weighted by atomic mass is 10.2. The number of hydrazine groups is 1. The van der Waals surface area contributed by atoms with Crippen LogP contribution in [-0.2, 0) is 9.84 Å². The third-order valence-electron chi connectivity index (χ3n) is 2.72. The third kappa shape index (κ3) is 3.64. The number of nitrogens with one attached hydrogen (secondary N) is 2. The van der Waals surface area contributed by atoms with Crippen LogP contribution in [0.1, 0.15) is 12.8 Å². The molecule has 1 aromatic rings. The van der Waals surface area contributed by atoms with Crippen molar-refractivity contribution in [1.29, 1.82) is 0 Å². The van der Waals surface area contributed by atoms with E-state index < -0.39 is 9.84 Å². The van der Waals surface area contributed by atoms with E-state index in [9.17, 15) is 8.42 Å². The molecule has 2 rings (SSSR count). The normalized spacial score (nSPS) is 21.7. The molecule has 10 heteroatoms. The highest BCUT2D eigenvalue weighted by atomic mass is 32.2. The van der Waals surface area contributed by atoms with Gasteiger partial charge in [0, 0.05) is 6.04 Å². The second kappa shape index (κ2) is 5.53. The predicted octanol–water partition coefficient (Wildman–Crippen LogP) is -0.845. The van der Waals surface area contributed by atoms with Gasteiger partial charge < -0.3 is 10.1 Å². The first-order valence-corrected chi connectivity index (χ1v) is 7.58. The molecule has 0 radical (unpaired) electrons. The number of nitrogens with zero attached hydrogens (tertiary/aromatic N) is 3. The molecule has 19 heavy (non-hydrogen) atoms. The Bertz CT molecular complexity index is 527. The predicted molar refractivity (Wildman–Crippen MR) is 69.5 cm³/mol. The van der Waals surface area contributed by atoms with E-state index in [-0.39, 0.29) is 35.5 Å². The smallest absolute Gasteiger partial charge is 0.322 e. The number of hydrogen-bond donors (Lipinski definition) is 3. The molecule has 1 atom stereocenters. The van der Waals surface area contributed by atoms with E-state index in [1.165, 1.54) is 7.11 Å². The minimum atomic E-state index is -2.99. The van der Waals surface area contributed by atoms with Crippen LogP contribution < -0.4 is 21.3 Å². The van der Waals surface area contributed by atoms with Crippen molar-refractivity contribution in [3.05, 3.63) is 0 Å². The fourth-order valence-corrected chi connectivity index (χ4v) is 3.53. The summed E-state index contributed by atoms with van der Waals surface area (Å²) in [6.45, 7) is 0. The molecule has 1 fully saturated rings. The first-order chi connectivity index (χ1) is 9.02. The van der Waals surface area contributed by atoms with Gasteiger partial charge in [-0.25, -0.2) is 14.3 Å². The molecule has 1 aliphatic heterocycles. The average molecular weight is 288 g/mol. The zero-order chi connectivity index (χ0) is 13.9. The molecule has 0 spiro atoms. The Morgan fingerprint density at radius 1 is 1.32 bits per heavy atom. The summed E-state index contributed by atoms with van der Waals surface area (Å²) in [6.07, 6.45) is 1.38. The van der Waals surface area contributed by atoms with Crippen molar-refractivity contribution in [2.45, 2.75) is 18.9 Å². The van der Waals surface area contributed by atoms with E-state index in [4.69, 9.17) is 10.6 Å². The lowest BCUT2D eigenvalue weighted by Crippen LogP contribution is -2.35. The molecule has 1 aromatic heterocycles. The van der Waals surface area contributed by atoms with Crippen LogP contribution in [0.2, 0.25) is 0 Å². The summed E-state index contributed by atoms with van der Waals surface area (Å²) in [5, 5.41) is 2.97. The van der Waals surface area contributed by atoms with Gasteiger partial charge in [0.2, 0.25) is 11.9 Å². The molecule has 106 valence electrons. The highest BCUT2D eigenvalue weighted by molar-refractivity contribution is 7.91. The number of hydrogen-bond acceptors (Lipinski definition) is 9. The minimum Gasteiger partial charge on any atom is -0.467 e. The van der Waals surface area contributed by atoms with Crippen LogP contribution in [0.25, 0.3) is 0 Å². The number of methoxy groups -OCH3 is 1. The van der Waals surface area contributed by atoms with Gasteiger partial charge in [0.15, 0.2) is 9.84 Å². The van der Waals surface area contributed by atoms with Crippen LogP contribution in [-0.4, -0.2) is 48.0 Å². The van der Waals surface area contributed by atoms with Gasteiger partial charge in [-0.1, -0.05) is 0 Å². The molecular formula is C9H16N6O3S. The monoisotopic (exact) mass is 288 g/mol. The summed E-state index contributed by atoms with van der Waals surface area (Å²) in [6, 6.07) is -0.111. The SMILES string of the molecule is COc1nc(NN)nc(NC2CCCS(=O)(=O)C2)n1. The van der Waals surface area contributed by atoms with Gasteiger partial charge in [-0.05, 0) is 12.8 Å². The van der Waals surface area contributed by atoms with E-state index in [1.807, 2.05) is 0 Å². The zero-order valence-electron chi connectivity index (χ0n) is 10.5. The van der Waals surface area contributed by atoms with E-state index in [1.54, 1.807) is 0 Å². The highest BCUT2D eigenvalue weighted by Crippen LogP contribution is 2.17. The van der Waals surface area contributed by atoms with E-state index in [0.29, 0.717) is 6.42 Å². The van der Waals surface area contributed by atoms with Crippen LogP contribution in [0.4, 0.5) is 11.9 Å². The summed E-state index contributed by atoms with van der Waals surface area (Å²) < 4.78 is 28.0. The fourth-order valence-electron chi connectivity index (χ4n) is 1.90. The van der Waals surface area contributed by atoms with Gasteiger partial charge in [-0.3, -0.25) is 5.43 Å². The molecule has 0 bridgehead atoms.